The molecule has 0 unspecified atom stereocenters. The van der Waals surface area contributed by atoms with Crippen LogP contribution in [0.3, 0.4) is 0 Å². The summed E-state index contributed by atoms with van der Waals surface area (Å²) in [6, 6.07) is 11.6. The summed E-state index contributed by atoms with van der Waals surface area (Å²) in [5.74, 6) is -0.909. The number of benzene rings is 2. The van der Waals surface area contributed by atoms with Crippen molar-refractivity contribution in [1.29, 1.82) is 0 Å². The third-order valence-electron chi connectivity index (χ3n) is 3.55. The number of hydrogen-bond donors (Lipinski definition) is 2. The Morgan fingerprint density at radius 2 is 2.00 bits per heavy atom. The summed E-state index contributed by atoms with van der Waals surface area (Å²) >= 11 is 1.67. The fourth-order valence-corrected chi connectivity index (χ4v) is 3.50. The van der Waals surface area contributed by atoms with E-state index < -0.39 is 5.97 Å². The lowest BCUT2D eigenvalue weighted by Crippen LogP contribution is -2.02. The molecule has 0 amide bonds. The van der Waals surface area contributed by atoms with E-state index in [0.29, 0.717) is 5.56 Å². The number of carboxylic acids is 1. The van der Waals surface area contributed by atoms with Gasteiger partial charge in [0.1, 0.15) is 0 Å². The minimum atomic E-state index is -0.909. The molecule has 2 N–H and O–H groups in total. The number of aromatic carboxylic acids is 1. The second-order valence-corrected chi connectivity index (χ2v) is 6.35. The molecular formula is C18H17NO2S. The maximum Gasteiger partial charge on any atom is 0.335 e. The van der Waals surface area contributed by atoms with Gasteiger partial charge in [0.25, 0.3) is 0 Å². The molecule has 1 heterocycles. The van der Waals surface area contributed by atoms with E-state index in [1.54, 1.807) is 23.9 Å². The average molecular weight is 311 g/mol. The number of carbonyl (C=O) groups is 1. The largest absolute Gasteiger partial charge is 0.478 e. The summed E-state index contributed by atoms with van der Waals surface area (Å²) in [4.78, 5) is 13.4. The molecule has 4 heteroatoms. The van der Waals surface area contributed by atoms with Crippen molar-refractivity contribution in [2.45, 2.75) is 30.1 Å². The Balaban J connectivity index is 2.15. The van der Waals surface area contributed by atoms with Crippen LogP contribution in [0.25, 0.3) is 5.70 Å². The van der Waals surface area contributed by atoms with Crippen molar-refractivity contribution in [3.63, 3.8) is 0 Å². The van der Waals surface area contributed by atoms with E-state index in [-0.39, 0.29) is 0 Å². The van der Waals surface area contributed by atoms with Crippen LogP contribution in [0.1, 0.15) is 34.8 Å². The van der Waals surface area contributed by atoms with Crippen molar-refractivity contribution < 1.29 is 9.90 Å². The molecule has 0 radical (unpaired) electrons. The molecular weight excluding hydrogens is 294 g/mol. The molecule has 0 aromatic heterocycles. The molecule has 0 aliphatic carbocycles. The maximum absolute atomic E-state index is 11.2. The highest BCUT2D eigenvalue weighted by molar-refractivity contribution is 7.99. The Hall–Kier alpha value is -2.20. The highest BCUT2D eigenvalue weighted by Crippen LogP contribution is 2.42. The second kappa shape index (κ2) is 5.89. The van der Waals surface area contributed by atoms with Gasteiger partial charge in [-0.3, -0.25) is 0 Å². The molecule has 1 aliphatic heterocycles. The first-order valence-electron chi connectivity index (χ1n) is 7.22. The predicted octanol–water partition coefficient (Wildman–Crippen LogP) is 5.02. The van der Waals surface area contributed by atoms with Gasteiger partial charge < -0.3 is 10.4 Å². The second-order valence-electron chi connectivity index (χ2n) is 5.27. The molecule has 2 aromatic carbocycles. The first kappa shape index (κ1) is 14.7. The zero-order chi connectivity index (χ0) is 15.7. The van der Waals surface area contributed by atoms with E-state index in [4.69, 9.17) is 0 Å². The van der Waals surface area contributed by atoms with Crippen molar-refractivity contribution in [1.82, 2.24) is 0 Å². The molecule has 0 saturated heterocycles. The van der Waals surface area contributed by atoms with Gasteiger partial charge in [-0.15, -0.1) is 0 Å². The molecule has 22 heavy (non-hydrogen) atoms. The summed E-state index contributed by atoms with van der Waals surface area (Å²) in [7, 11) is 0. The third kappa shape index (κ3) is 2.74. The molecule has 0 atom stereocenters. The van der Waals surface area contributed by atoms with Crippen LogP contribution in [0, 0.1) is 6.92 Å². The van der Waals surface area contributed by atoms with Crippen LogP contribution in [0.15, 0.2) is 52.3 Å². The molecule has 3 nitrogen and oxygen atoms in total. The minimum absolute atomic E-state index is 0.296. The van der Waals surface area contributed by atoms with E-state index in [2.05, 4.69) is 43.4 Å². The van der Waals surface area contributed by atoms with E-state index in [0.717, 1.165) is 22.7 Å². The zero-order valence-corrected chi connectivity index (χ0v) is 13.3. The maximum atomic E-state index is 11.2. The lowest BCUT2D eigenvalue weighted by Gasteiger charge is -2.12. The first-order valence-corrected chi connectivity index (χ1v) is 8.03. The highest BCUT2D eigenvalue weighted by atomic mass is 32.2. The summed E-state index contributed by atoms with van der Waals surface area (Å²) in [5.41, 5.74) is 4.55. The standard InChI is InChI=1S/C18H17NO2S/c1-3-4-14-13-9-11(2)5-7-16(13)22-17-8-6-12(18(20)21)10-15(17)19-14/h4-10,19H,3H2,1-2H3,(H,20,21). The number of hydrogen-bond acceptors (Lipinski definition) is 3. The fourth-order valence-electron chi connectivity index (χ4n) is 2.49. The van der Waals surface area contributed by atoms with Crippen LogP contribution in [0.4, 0.5) is 5.69 Å². The average Bonchev–Trinajstić information content (AvgIpc) is 2.63. The number of rotatable bonds is 2. The first-order chi connectivity index (χ1) is 10.6. The zero-order valence-electron chi connectivity index (χ0n) is 12.5. The molecule has 0 spiro atoms. The van der Waals surface area contributed by atoms with Crippen LogP contribution >= 0.6 is 11.8 Å². The van der Waals surface area contributed by atoms with Crippen molar-refractivity contribution in [3.05, 3.63) is 59.2 Å². The number of fused-ring (bicyclic) bond motifs is 2. The van der Waals surface area contributed by atoms with Gasteiger partial charge in [0.05, 0.1) is 11.3 Å². The van der Waals surface area contributed by atoms with Crippen molar-refractivity contribution in [2.75, 3.05) is 5.32 Å². The molecule has 112 valence electrons. The van der Waals surface area contributed by atoms with Crippen LogP contribution in [-0.2, 0) is 0 Å². The normalized spacial score (nSPS) is 14.7. The summed E-state index contributed by atoms with van der Waals surface area (Å²) in [6.45, 7) is 4.17. The van der Waals surface area contributed by atoms with Gasteiger partial charge in [-0.25, -0.2) is 4.79 Å². The lowest BCUT2D eigenvalue weighted by molar-refractivity contribution is 0.0697. The SMILES string of the molecule is CCC=C1Nc2cc(C(=O)O)ccc2Sc2ccc(C)cc21. The lowest BCUT2D eigenvalue weighted by atomic mass is 10.1. The molecule has 0 bridgehead atoms. The highest BCUT2D eigenvalue weighted by Gasteiger charge is 2.18. The number of aryl methyl sites for hydroxylation is 1. The topological polar surface area (TPSA) is 49.3 Å². The summed E-state index contributed by atoms with van der Waals surface area (Å²) in [6.07, 6.45) is 3.05. The van der Waals surface area contributed by atoms with E-state index >= 15 is 0 Å². The van der Waals surface area contributed by atoms with Crippen LogP contribution in [-0.4, -0.2) is 11.1 Å². The van der Waals surface area contributed by atoms with Crippen molar-refractivity contribution in [3.8, 4) is 0 Å². The van der Waals surface area contributed by atoms with Crippen molar-refractivity contribution in [2.24, 2.45) is 0 Å². The Morgan fingerprint density at radius 3 is 2.73 bits per heavy atom. The van der Waals surface area contributed by atoms with Gasteiger partial charge in [0.2, 0.25) is 0 Å². The third-order valence-corrected chi connectivity index (χ3v) is 4.70. The summed E-state index contributed by atoms with van der Waals surface area (Å²) < 4.78 is 0. The smallest absolute Gasteiger partial charge is 0.335 e. The monoisotopic (exact) mass is 311 g/mol. The molecule has 1 aliphatic rings. The number of nitrogens with one attached hydrogen (secondary N) is 1. The fraction of sp³-hybridized carbons (Fsp3) is 0.167. The van der Waals surface area contributed by atoms with Crippen molar-refractivity contribution >= 4 is 29.1 Å². The van der Waals surface area contributed by atoms with E-state index in [9.17, 15) is 9.90 Å². The molecule has 0 fully saturated rings. The molecule has 0 saturated carbocycles. The van der Waals surface area contributed by atoms with Gasteiger partial charge in [0, 0.05) is 21.1 Å². The predicted molar refractivity (Wildman–Crippen MR) is 90.6 cm³/mol. The van der Waals surface area contributed by atoms with Gasteiger partial charge in [0.15, 0.2) is 0 Å². The minimum Gasteiger partial charge on any atom is -0.478 e. The molecule has 2 aromatic rings. The van der Waals surface area contributed by atoms with Gasteiger partial charge in [-0.1, -0.05) is 36.4 Å². The Labute approximate surface area is 134 Å². The van der Waals surface area contributed by atoms with Gasteiger partial charge in [-0.05, 0) is 43.7 Å². The van der Waals surface area contributed by atoms with E-state index in [1.807, 2.05) is 6.07 Å². The molecule has 3 rings (SSSR count). The Kier molecular flexibility index (Phi) is 3.94. The Morgan fingerprint density at radius 1 is 1.23 bits per heavy atom. The van der Waals surface area contributed by atoms with E-state index in [1.165, 1.54) is 16.0 Å². The van der Waals surface area contributed by atoms with Crippen LogP contribution in [0.5, 0.6) is 0 Å². The summed E-state index contributed by atoms with van der Waals surface area (Å²) in [5, 5.41) is 12.6. The van der Waals surface area contributed by atoms with Crippen LogP contribution < -0.4 is 5.32 Å². The van der Waals surface area contributed by atoms with Crippen LogP contribution in [0.2, 0.25) is 0 Å². The number of anilines is 1. The van der Waals surface area contributed by atoms with Gasteiger partial charge >= 0.3 is 5.97 Å². The number of carboxylic acid groups (broad SMARTS) is 1. The quantitative estimate of drug-likeness (QED) is 0.817. The number of allylic oxidation sites excluding steroid dienone is 1. The Bertz CT molecular complexity index is 781. The van der Waals surface area contributed by atoms with Gasteiger partial charge in [-0.2, -0.15) is 0 Å².